The summed E-state index contributed by atoms with van der Waals surface area (Å²) in [4.78, 5) is 24.1. The zero-order chi connectivity index (χ0) is 14.7. The molecule has 1 atom stereocenters. The van der Waals surface area contributed by atoms with Gasteiger partial charge in [0.15, 0.2) is 5.78 Å². The van der Waals surface area contributed by atoms with Gasteiger partial charge < -0.3 is 15.2 Å². The van der Waals surface area contributed by atoms with Crippen molar-refractivity contribution in [3.05, 3.63) is 23.8 Å². The van der Waals surface area contributed by atoms with Crippen LogP contribution in [0.4, 0.5) is 5.69 Å². The first-order valence-corrected chi connectivity index (χ1v) is 6.44. The Labute approximate surface area is 117 Å². The summed E-state index contributed by atoms with van der Waals surface area (Å²) in [7, 11) is 1.60. The lowest BCUT2D eigenvalue weighted by Crippen LogP contribution is -2.31. The van der Waals surface area contributed by atoms with Crippen molar-refractivity contribution >= 4 is 17.4 Å². The fourth-order valence-corrected chi connectivity index (χ4v) is 2.08. The summed E-state index contributed by atoms with van der Waals surface area (Å²) in [5.74, 6) is -0.328. The molecule has 0 aliphatic carbocycles. The van der Waals surface area contributed by atoms with Gasteiger partial charge in [0.05, 0.1) is 25.3 Å². The predicted octanol–water partition coefficient (Wildman–Crippen LogP) is 1.08. The van der Waals surface area contributed by atoms with Crippen molar-refractivity contribution < 1.29 is 19.4 Å². The zero-order valence-electron chi connectivity index (χ0n) is 11.5. The molecule has 1 heterocycles. The number of carboxylic acid groups (broad SMARTS) is 1. The van der Waals surface area contributed by atoms with Crippen LogP contribution in [0.15, 0.2) is 18.2 Å². The maximum Gasteiger partial charge on any atom is 0.317 e. The van der Waals surface area contributed by atoms with E-state index in [1.807, 2.05) is 6.92 Å². The van der Waals surface area contributed by atoms with E-state index in [1.54, 1.807) is 25.2 Å². The first-order chi connectivity index (χ1) is 9.45. The van der Waals surface area contributed by atoms with Crippen LogP contribution >= 0.6 is 0 Å². The molecule has 0 spiro atoms. The highest BCUT2D eigenvalue weighted by molar-refractivity contribution is 5.99. The highest BCUT2D eigenvalue weighted by Gasteiger charge is 2.18. The Balaban J connectivity index is 2.06. The summed E-state index contributed by atoms with van der Waals surface area (Å²) < 4.78 is 5.64. The molecule has 0 bridgehead atoms. The molecule has 2 rings (SSSR count). The van der Waals surface area contributed by atoms with Gasteiger partial charge >= 0.3 is 5.97 Å². The Morgan fingerprint density at radius 1 is 1.45 bits per heavy atom. The normalized spacial score (nSPS) is 17.1. The number of carbonyl (C=O) groups excluding carboxylic acids is 1. The van der Waals surface area contributed by atoms with Gasteiger partial charge in [-0.1, -0.05) is 0 Å². The largest absolute Gasteiger partial charge is 0.487 e. The average Bonchev–Trinajstić information content (AvgIpc) is 2.36. The Morgan fingerprint density at radius 3 is 2.90 bits per heavy atom. The topological polar surface area (TPSA) is 78.9 Å². The summed E-state index contributed by atoms with van der Waals surface area (Å²) in [6.45, 7) is 2.58. The van der Waals surface area contributed by atoms with E-state index >= 15 is 0 Å². The van der Waals surface area contributed by atoms with Crippen LogP contribution in [0, 0.1) is 0 Å². The summed E-state index contributed by atoms with van der Waals surface area (Å²) >= 11 is 0. The number of carboxylic acids is 1. The van der Waals surface area contributed by atoms with E-state index < -0.39 is 5.97 Å². The summed E-state index contributed by atoms with van der Waals surface area (Å²) in [5, 5.41) is 11.9. The molecule has 0 amide bonds. The van der Waals surface area contributed by atoms with Crippen molar-refractivity contribution in [2.24, 2.45) is 0 Å². The van der Waals surface area contributed by atoms with Crippen molar-refractivity contribution in [1.82, 2.24) is 4.90 Å². The van der Waals surface area contributed by atoms with Crippen molar-refractivity contribution in [3.8, 4) is 5.75 Å². The number of likely N-dealkylation sites (N-methyl/N-ethyl adjacent to an activating group) is 1. The van der Waals surface area contributed by atoms with Gasteiger partial charge in [-0.25, -0.2) is 0 Å². The standard InChI is InChI=1S/C14H18N2O4/c1-9-6-15-11-5-10(3-4-13(11)20-9)12(17)7-16(2)8-14(18)19/h3-5,9,15H,6-8H2,1-2H3,(H,18,19). The van der Waals surface area contributed by atoms with Gasteiger partial charge in [0.1, 0.15) is 11.9 Å². The van der Waals surface area contributed by atoms with E-state index in [0.717, 1.165) is 11.4 Å². The Bertz CT molecular complexity index is 530. The minimum atomic E-state index is -0.949. The maximum absolute atomic E-state index is 12.1. The third kappa shape index (κ3) is 3.48. The van der Waals surface area contributed by atoms with Crippen molar-refractivity contribution in [2.75, 3.05) is 32.0 Å². The maximum atomic E-state index is 12.1. The van der Waals surface area contributed by atoms with Crippen LogP contribution in [0.3, 0.4) is 0 Å². The number of ketones is 1. The highest BCUT2D eigenvalue weighted by atomic mass is 16.5. The van der Waals surface area contributed by atoms with E-state index in [-0.39, 0.29) is 25.0 Å². The lowest BCUT2D eigenvalue weighted by molar-refractivity contribution is -0.137. The molecule has 0 saturated heterocycles. The number of ether oxygens (including phenoxy) is 1. The van der Waals surface area contributed by atoms with Gasteiger partial charge in [-0.15, -0.1) is 0 Å². The van der Waals surface area contributed by atoms with Gasteiger partial charge in [-0.05, 0) is 32.2 Å². The SMILES string of the molecule is CC1CNc2cc(C(=O)CN(C)CC(=O)O)ccc2O1. The Kier molecular flexibility index (Phi) is 4.24. The van der Waals surface area contributed by atoms with Gasteiger partial charge in [0.25, 0.3) is 0 Å². The molecule has 1 unspecified atom stereocenters. The number of Topliss-reactive ketones (excluding diaryl/α,β-unsaturated/α-hetero) is 1. The monoisotopic (exact) mass is 278 g/mol. The van der Waals surface area contributed by atoms with Gasteiger partial charge in [0.2, 0.25) is 0 Å². The van der Waals surface area contributed by atoms with Crippen LogP contribution in [0.25, 0.3) is 0 Å². The Morgan fingerprint density at radius 2 is 2.20 bits per heavy atom. The molecule has 0 radical (unpaired) electrons. The number of fused-ring (bicyclic) bond motifs is 1. The molecule has 6 nitrogen and oxygen atoms in total. The van der Waals surface area contributed by atoms with Gasteiger partial charge in [-0.3, -0.25) is 14.5 Å². The molecule has 1 aliphatic heterocycles. The molecule has 6 heteroatoms. The molecule has 2 N–H and O–H groups in total. The third-order valence-corrected chi connectivity index (χ3v) is 3.03. The number of benzene rings is 1. The molecule has 1 aromatic rings. The fourth-order valence-electron chi connectivity index (χ4n) is 2.08. The molecule has 0 saturated carbocycles. The predicted molar refractivity (Wildman–Crippen MR) is 74.5 cm³/mol. The van der Waals surface area contributed by atoms with Gasteiger partial charge in [0, 0.05) is 5.56 Å². The van der Waals surface area contributed by atoms with Crippen LogP contribution < -0.4 is 10.1 Å². The second-order valence-electron chi connectivity index (χ2n) is 5.01. The second kappa shape index (κ2) is 5.92. The summed E-state index contributed by atoms with van der Waals surface area (Å²) in [6.07, 6.45) is 0.103. The highest BCUT2D eigenvalue weighted by Crippen LogP contribution is 2.30. The second-order valence-corrected chi connectivity index (χ2v) is 5.01. The number of hydrogen-bond donors (Lipinski definition) is 2. The molecular formula is C14H18N2O4. The van der Waals surface area contributed by atoms with Crippen LogP contribution in [0.1, 0.15) is 17.3 Å². The molecule has 108 valence electrons. The van der Waals surface area contributed by atoms with E-state index in [9.17, 15) is 9.59 Å². The number of rotatable bonds is 5. The molecule has 0 fully saturated rings. The summed E-state index contributed by atoms with van der Waals surface area (Å²) in [5.41, 5.74) is 1.35. The number of carbonyl (C=O) groups is 2. The van der Waals surface area contributed by atoms with Gasteiger partial charge in [-0.2, -0.15) is 0 Å². The third-order valence-electron chi connectivity index (χ3n) is 3.03. The number of nitrogens with one attached hydrogen (secondary N) is 1. The smallest absolute Gasteiger partial charge is 0.317 e. The zero-order valence-corrected chi connectivity index (χ0v) is 11.5. The first kappa shape index (κ1) is 14.3. The molecular weight excluding hydrogens is 260 g/mol. The first-order valence-electron chi connectivity index (χ1n) is 6.44. The fraction of sp³-hybridized carbons (Fsp3) is 0.429. The van der Waals surface area contributed by atoms with Crippen molar-refractivity contribution in [3.63, 3.8) is 0 Å². The van der Waals surface area contributed by atoms with E-state index in [0.29, 0.717) is 12.1 Å². The Hall–Kier alpha value is -2.08. The minimum absolute atomic E-state index is 0.0718. The van der Waals surface area contributed by atoms with Crippen molar-refractivity contribution in [2.45, 2.75) is 13.0 Å². The molecule has 1 aliphatic rings. The van der Waals surface area contributed by atoms with Crippen LogP contribution in [0.2, 0.25) is 0 Å². The number of nitrogens with zero attached hydrogens (tertiary/aromatic N) is 1. The molecule has 1 aromatic carbocycles. The lowest BCUT2D eigenvalue weighted by atomic mass is 10.1. The average molecular weight is 278 g/mol. The number of aliphatic carboxylic acids is 1. The van der Waals surface area contributed by atoms with Crippen LogP contribution in [-0.2, 0) is 4.79 Å². The number of anilines is 1. The minimum Gasteiger partial charge on any atom is -0.487 e. The molecule has 0 aromatic heterocycles. The van der Waals surface area contributed by atoms with Crippen LogP contribution in [-0.4, -0.2) is 54.5 Å². The number of hydrogen-bond acceptors (Lipinski definition) is 5. The van der Waals surface area contributed by atoms with Crippen LogP contribution in [0.5, 0.6) is 5.75 Å². The van der Waals surface area contributed by atoms with E-state index in [2.05, 4.69) is 5.32 Å². The van der Waals surface area contributed by atoms with E-state index in [4.69, 9.17) is 9.84 Å². The van der Waals surface area contributed by atoms with E-state index in [1.165, 1.54) is 4.90 Å². The van der Waals surface area contributed by atoms with Crippen molar-refractivity contribution in [1.29, 1.82) is 0 Å². The summed E-state index contributed by atoms with van der Waals surface area (Å²) in [6, 6.07) is 5.22. The lowest BCUT2D eigenvalue weighted by Gasteiger charge is -2.25. The quantitative estimate of drug-likeness (QED) is 0.785. The molecule has 20 heavy (non-hydrogen) atoms.